The van der Waals surface area contributed by atoms with Crippen molar-refractivity contribution in [2.24, 2.45) is 0 Å². The monoisotopic (exact) mass is 1240 g/mol. The van der Waals surface area contributed by atoms with Gasteiger partial charge in [-0.1, -0.05) is 186 Å². The van der Waals surface area contributed by atoms with Crippen LogP contribution in [0.1, 0.15) is 140 Å². The number of ether oxygens (including phenoxy) is 1. The number of nitrogens with zero attached hydrogens (tertiary/aromatic N) is 4. The number of benzene rings is 8. The molecule has 8 aromatic carbocycles. The van der Waals surface area contributed by atoms with Gasteiger partial charge in [-0.3, -0.25) is 0 Å². The average Bonchev–Trinajstić information content (AvgIpc) is 1.75. The van der Waals surface area contributed by atoms with E-state index in [9.17, 15) is 4.11 Å². The number of hydrogen-bond acceptors (Lipinski definition) is 4. The van der Waals surface area contributed by atoms with Gasteiger partial charge < -0.3 is 19.1 Å². The zero-order chi connectivity index (χ0) is 61.5. The Balaban J connectivity index is 0.00000784. The van der Waals surface area contributed by atoms with Gasteiger partial charge in [0, 0.05) is 72.5 Å². The van der Waals surface area contributed by atoms with E-state index in [0.717, 1.165) is 57.7 Å². The molecule has 0 unspecified atom stereocenters. The number of anilines is 4. The molecule has 408 valence electrons. The van der Waals surface area contributed by atoms with Gasteiger partial charge in [0.25, 0.3) is 0 Å². The molecule has 2 aliphatic rings. The third kappa shape index (κ3) is 9.99. The second-order valence-corrected chi connectivity index (χ2v) is 26.0. The Morgan fingerprint density at radius 1 is 0.550 bits per heavy atom. The number of fused-ring (bicyclic) bond motifs is 5. The molecule has 12 rings (SSSR count). The predicted molar refractivity (Wildman–Crippen MR) is 332 cm³/mol. The largest absolute Gasteiger partial charge is 0.509 e. The summed E-state index contributed by atoms with van der Waals surface area (Å²) in [5.74, 6) is 1.23. The first-order chi connectivity index (χ1) is 40.5. The van der Waals surface area contributed by atoms with Crippen molar-refractivity contribution in [2.75, 3.05) is 9.80 Å². The van der Waals surface area contributed by atoms with E-state index in [1.54, 1.807) is 16.8 Å². The van der Waals surface area contributed by atoms with Gasteiger partial charge in [0.2, 0.25) is 0 Å². The summed E-state index contributed by atoms with van der Waals surface area (Å²) in [6, 6.07) is 49.3. The minimum atomic E-state index is -0.625. The summed E-state index contributed by atoms with van der Waals surface area (Å²) in [7, 11) is 0. The molecule has 2 aromatic heterocycles. The number of rotatable bonds is 8. The van der Waals surface area contributed by atoms with Crippen LogP contribution >= 0.6 is 0 Å². The van der Waals surface area contributed by atoms with Crippen molar-refractivity contribution in [3.8, 4) is 50.7 Å². The fourth-order valence-electron chi connectivity index (χ4n) is 11.4. The molecule has 0 fully saturated rings. The zero-order valence-electron chi connectivity index (χ0n) is 55.2. The fraction of sp³-hybridized carbons (Fsp3) is 0.270. The molecular weight excluding hydrogens is 1160 g/mol. The van der Waals surface area contributed by atoms with Gasteiger partial charge in [-0.25, -0.2) is 4.98 Å². The normalized spacial score (nSPS) is 16.2. The van der Waals surface area contributed by atoms with Crippen LogP contribution in [0, 0.1) is 18.8 Å². The Labute approximate surface area is 499 Å². The quantitative estimate of drug-likeness (QED) is 0.142. The maximum Gasteiger partial charge on any atom is 0.135 e. The van der Waals surface area contributed by atoms with Crippen LogP contribution in [0.25, 0.3) is 61.0 Å². The molecule has 0 N–H and O–H groups in total. The molecule has 0 saturated carbocycles. The van der Waals surface area contributed by atoms with Crippen LogP contribution in [0.5, 0.6) is 11.5 Å². The van der Waals surface area contributed by atoms with Crippen molar-refractivity contribution in [2.45, 2.75) is 130 Å². The smallest absolute Gasteiger partial charge is 0.135 e. The van der Waals surface area contributed by atoms with Gasteiger partial charge in [0.15, 0.2) is 0 Å². The maximum atomic E-state index is 10.4. The van der Waals surface area contributed by atoms with Gasteiger partial charge in [-0.2, -0.15) is 12.1 Å². The molecule has 0 radical (unpaired) electrons. The van der Waals surface area contributed by atoms with Gasteiger partial charge in [0.1, 0.15) is 5.82 Å². The molecule has 0 bridgehead atoms. The van der Waals surface area contributed by atoms with Crippen LogP contribution < -0.4 is 14.5 Å². The van der Waals surface area contributed by atoms with Crippen LogP contribution in [0.4, 0.5) is 22.7 Å². The van der Waals surface area contributed by atoms with Crippen molar-refractivity contribution in [1.29, 1.82) is 0 Å². The van der Waals surface area contributed by atoms with Crippen LogP contribution in [-0.4, -0.2) is 9.55 Å². The summed E-state index contributed by atoms with van der Waals surface area (Å²) in [6.45, 7) is 30.6. The van der Waals surface area contributed by atoms with E-state index >= 15 is 0 Å². The predicted octanol–water partition coefficient (Wildman–Crippen LogP) is 20.2. The molecule has 0 spiro atoms. The van der Waals surface area contributed by atoms with Crippen LogP contribution in [-0.2, 0) is 48.1 Å². The first-order valence-corrected chi connectivity index (χ1v) is 27.7. The van der Waals surface area contributed by atoms with E-state index in [2.05, 4.69) is 161 Å². The second-order valence-electron chi connectivity index (χ2n) is 26.0. The van der Waals surface area contributed by atoms with Crippen LogP contribution in [0.15, 0.2) is 176 Å². The van der Waals surface area contributed by atoms with Crippen molar-refractivity contribution in [3.63, 3.8) is 0 Å². The molecule has 0 atom stereocenters. The third-order valence-electron chi connectivity index (χ3n) is 16.2. The summed E-state index contributed by atoms with van der Waals surface area (Å²) in [6.07, 6.45) is 3.85. The zero-order valence-corrected chi connectivity index (χ0v) is 50.5. The molecule has 80 heavy (non-hydrogen) atoms. The fourth-order valence-corrected chi connectivity index (χ4v) is 11.4. The number of aromatic nitrogens is 2. The van der Waals surface area contributed by atoms with Crippen LogP contribution in [0.3, 0.4) is 0 Å². The Hall–Kier alpha value is -7.20. The summed E-state index contributed by atoms with van der Waals surface area (Å²) in [5.41, 5.74) is 12.4. The topological polar surface area (TPSA) is 33.5 Å². The summed E-state index contributed by atoms with van der Waals surface area (Å²) < 4.78 is 74.7. The SMILES string of the molecule is [2H]c1c(-c2ccccc2)c([2H])c(C(C)(C)C)c([2H])c1-c1cc(C(C)(C)C)cc(-c2ccc3c(c2)C(C)(C)CCC3(C)C)c1N1[CH-]N(c2[c-]c(Oc3[c-]c4c(cc3)c3c([2H])c([2H])c([2H])c([2H])c3n4-c3cc(C(C)(C)C)ccn3)ccc2)c2ccccc21.[Pt]. The Bertz CT molecular complexity index is 4420. The average molecular weight is 1240 g/mol. The first kappa shape index (κ1) is 46.5. The molecule has 1 aliphatic carbocycles. The Morgan fingerprint density at radius 3 is 1.90 bits per heavy atom. The molecule has 3 heterocycles. The van der Waals surface area contributed by atoms with Crippen molar-refractivity contribution < 1.29 is 35.4 Å². The minimum absolute atomic E-state index is 0. The Kier molecular flexibility index (Phi) is 11.7. The van der Waals surface area contributed by atoms with E-state index in [1.165, 1.54) is 11.1 Å². The van der Waals surface area contributed by atoms with Gasteiger partial charge in [-0.05, 0) is 144 Å². The molecular formula is C74H73N4OPt-3. The summed E-state index contributed by atoms with van der Waals surface area (Å²) >= 11 is 0. The number of pyridine rings is 1. The Morgan fingerprint density at radius 2 is 1.19 bits per heavy atom. The molecule has 6 heteroatoms. The molecule has 0 saturated heterocycles. The van der Waals surface area contributed by atoms with Crippen molar-refractivity contribution in [1.82, 2.24) is 9.55 Å². The second kappa shape index (κ2) is 20.1. The van der Waals surface area contributed by atoms with Crippen molar-refractivity contribution in [3.05, 3.63) is 223 Å². The first-order valence-electron chi connectivity index (χ1n) is 31.2. The van der Waals surface area contributed by atoms with E-state index in [-0.39, 0.29) is 85.0 Å². The molecule has 10 aromatic rings. The van der Waals surface area contributed by atoms with E-state index in [0.29, 0.717) is 67.1 Å². The summed E-state index contributed by atoms with van der Waals surface area (Å²) in [5, 5.41) is 0.951. The van der Waals surface area contributed by atoms with Crippen LogP contribution in [0.2, 0.25) is 0 Å². The third-order valence-corrected chi connectivity index (χ3v) is 16.2. The molecule has 5 nitrogen and oxygen atoms in total. The van der Waals surface area contributed by atoms with E-state index in [1.807, 2.05) is 78.9 Å². The maximum absolute atomic E-state index is 10.4. The van der Waals surface area contributed by atoms with Crippen molar-refractivity contribution >= 4 is 44.6 Å². The minimum Gasteiger partial charge on any atom is -0.509 e. The summed E-state index contributed by atoms with van der Waals surface area (Å²) in [4.78, 5) is 9.08. The van der Waals surface area contributed by atoms with Gasteiger partial charge in [-0.15, -0.1) is 48.1 Å². The van der Waals surface area contributed by atoms with E-state index < -0.39 is 5.41 Å². The molecule has 1 aliphatic heterocycles. The van der Waals surface area contributed by atoms with E-state index in [4.69, 9.17) is 15.2 Å². The van der Waals surface area contributed by atoms with Gasteiger partial charge in [0.05, 0.1) is 9.60 Å². The van der Waals surface area contributed by atoms with Gasteiger partial charge >= 0.3 is 0 Å². The number of hydrogen-bond donors (Lipinski definition) is 0. The number of para-hydroxylation sites is 3. The molecule has 0 amide bonds. The standard InChI is InChI=1S/C74H73N4O.Pt/c1-70(2,3)52-34-37-75-68(44-52)78-64-27-18-17-26-58(64)59-32-31-57(46-67(59)78)79-56-25-21-24-55(45-56)76-47-77(66-29-20-19-28-65(66)76)69-60(49-30-33-62-63(41-49)74(12,13)36-35-73(62,10)11)42-54(72(7,8)9)43-61(69)51-38-50(48-22-15-14-16-23-48)39-53(40-51)71(4,5)6;/h14-34,37-44,47H,35-36H2,1-13H3;/q-3;/i17D,18D,26D,27D,38D,39D,40D;.